The van der Waals surface area contributed by atoms with Crippen molar-refractivity contribution in [2.24, 2.45) is 5.92 Å². The molecule has 1 saturated heterocycles. The van der Waals surface area contributed by atoms with E-state index in [1.54, 1.807) is 24.3 Å². The maximum absolute atomic E-state index is 12.5. The van der Waals surface area contributed by atoms with Crippen LogP contribution in [0.1, 0.15) is 41.3 Å². The maximum Gasteiger partial charge on any atom is 0.308 e. The number of aryl methyl sites for hydroxylation is 2. The number of nitrogens with zero attached hydrogens (tertiary/aromatic N) is 1. The molecule has 7 heteroatoms. The number of hydrogen-bond donors (Lipinski definition) is 1. The first-order valence-corrected chi connectivity index (χ1v) is 10.9. The molecule has 0 aromatic heterocycles. The highest BCUT2D eigenvalue weighted by atomic mass is 16.5. The number of amides is 2. The van der Waals surface area contributed by atoms with Crippen LogP contribution in [0.4, 0.5) is 0 Å². The monoisotopic (exact) mass is 438 g/mol. The van der Waals surface area contributed by atoms with E-state index in [9.17, 15) is 14.4 Å². The fourth-order valence-corrected chi connectivity index (χ4v) is 3.78. The zero-order valence-corrected chi connectivity index (χ0v) is 18.8. The van der Waals surface area contributed by atoms with Crippen molar-refractivity contribution in [3.05, 3.63) is 59.2 Å². The summed E-state index contributed by atoms with van der Waals surface area (Å²) in [6, 6.07) is 12.4. The van der Waals surface area contributed by atoms with Crippen molar-refractivity contribution in [3.63, 3.8) is 0 Å². The summed E-state index contributed by atoms with van der Waals surface area (Å²) in [6.07, 6.45) is 1.64. The Balaban J connectivity index is 1.41. The maximum atomic E-state index is 12.5. The number of likely N-dealkylation sites (tertiary alicyclic amines) is 1. The van der Waals surface area contributed by atoms with Crippen LogP contribution in [0.2, 0.25) is 0 Å². The minimum atomic E-state index is -0.428. The highest BCUT2D eigenvalue weighted by Gasteiger charge is 2.23. The third-order valence-electron chi connectivity index (χ3n) is 5.56. The van der Waals surface area contributed by atoms with E-state index in [-0.39, 0.29) is 18.4 Å². The number of hydrogen-bond acceptors (Lipinski definition) is 5. The minimum Gasteiger partial charge on any atom is -0.484 e. The Morgan fingerprint density at radius 3 is 2.50 bits per heavy atom. The molecule has 32 heavy (non-hydrogen) atoms. The summed E-state index contributed by atoms with van der Waals surface area (Å²) in [4.78, 5) is 37.9. The lowest BCUT2D eigenvalue weighted by Gasteiger charge is -2.32. The normalized spacial score (nSPS) is 14.0. The van der Waals surface area contributed by atoms with Gasteiger partial charge in [-0.25, -0.2) is 0 Å². The van der Waals surface area contributed by atoms with E-state index in [0.717, 1.165) is 29.7 Å². The molecule has 0 radical (unpaired) electrons. The zero-order chi connectivity index (χ0) is 23.1. The Morgan fingerprint density at radius 2 is 1.81 bits per heavy atom. The number of benzene rings is 2. The molecular formula is C25H30N2O5. The van der Waals surface area contributed by atoms with Crippen molar-refractivity contribution in [1.29, 1.82) is 0 Å². The number of esters is 1. The molecule has 2 amide bonds. The lowest BCUT2D eigenvalue weighted by Crippen LogP contribution is -2.43. The Morgan fingerprint density at radius 1 is 1.06 bits per heavy atom. The molecule has 1 fully saturated rings. The highest BCUT2D eigenvalue weighted by molar-refractivity contribution is 5.94. The molecule has 1 aliphatic heterocycles. The summed E-state index contributed by atoms with van der Waals surface area (Å²) in [6.45, 7) is 7.18. The van der Waals surface area contributed by atoms with E-state index in [1.165, 1.54) is 6.92 Å². The molecule has 0 bridgehead atoms. The second kappa shape index (κ2) is 10.8. The van der Waals surface area contributed by atoms with E-state index >= 15 is 0 Å². The number of ether oxygens (including phenoxy) is 2. The van der Waals surface area contributed by atoms with Gasteiger partial charge in [0, 0.05) is 32.1 Å². The molecule has 0 unspecified atom stereocenters. The summed E-state index contributed by atoms with van der Waals surface area (Å²) in [7, 11) is 0. The topological polar surface area (TPSA) is 84.9 Å². The van der Waals surface area contributed by atoms with Crippen molar-refractivity contribution in [3.8, 4) is 11.5 Å². The fraction of sp³-hybridized carbons (Fsp3) is 0.400. The van der Waals surface area contributed by atoms with Gasteiger partial charge < -0.3 is 19.7 Å². The molecule has 0 saturated carbocycles. The first-order valence-electron chi connectivity index (χ1n) is 10.9. The molecule has 1 heterocycles. The number of rotatable bonds is 7. The summed E-state index contributed by atoms with van der Waals surface area (Å²) < 4.78 is 10.7. The van der Waals surface area contributed by atoms with E-state index in [0.29, 0.717) is 36.9 Å². The van der Waals surface area contributed by atoms with Gasteiger partial charge in [-0.15, -0.1) is 0 Å². The van der Waals surface area contributed by atoms with Crippen LogP contribution in [0.5, 0.6) is 11.5 Å². The molecule has 2 aromatic rings. The molecule has 170 valence electrons. The van der Waals surface area contributed by atoms with Crippen molar-refractivity contribution in [1.82, 2.24) is 10.2 Å². The van der Waals surface area contributed by atoms with Gasteiger partial charge in [-0.05, 0) is 62.4 Å². The predicted octanol–water partition coefficient (Wildman–Crippen LogP) is 3.28. The average Bonchev–Trinajstić information content (AvgIpc) is 2.77. The van der Waals surface area contributed by atoms with E-state index in [2.05, 4.69) is 5.32 Å². The lowest BCUT2D eigenvalue weighted by atomic mass is 9.96. The second-order valence-electron chi connectivity index (χ2n) is 8.21. The summed E-state index contributed by atoms with van der Waals surface area (Å²) in [5.74, 6) is 0.733. The smallest absolute Gasteiger partial charge is 0.308 e. The average molecular weight is 439 g/mol. The van der Waals surface area contributed by atoms with Crippen molar-refractivity contribution >= 4 is 17.8 Å². The van der Waals surface area contributed by atoms with Crippen LogP contribution < -0.4 is 14.8 Å². The number of nitrogens with one attached hydrogen (secondary N) is 1. The van der Waals surface area contributed by atoms with E-state index in [4.69, 9.17) is 9.47 Å². The Bertz CT molecular complexity index is 980. The lowest BCUT2D eigenvalue weighted by molar-refractivity contribution is -0.135. The van der Waals surface area contributed by atoms with Gasteiger partial charge in [0.15, 0.2) is 6.61 Å². The summed E-state index contributed by atoms with van der Waals surface area (Å²) in [5.41, 5.74) is 2.62. The Hall–Kier alpha value is -3.35. The van der Waals surface area contributed by atoms with Crippen LogP contribution in [0, 0.1) is 19.8 Å². The van der Waals surface area contributed by atoms with Gasteiger partial charge in [0.1, 0.15) is 11.5 Å². The van der Waals surface area contributed by atoms with Gasteiger partial charge in [0.05, 0.1) is 0 Å². The first kappa shape index (κ1) is 23.3. The molecule has 3 rings (SSSR count). The third-order valence-corrected chi connectivity index (χ3v) is 5.56. The molecule has 7 nitrogen and oxygen atoms in total. The van der Waals surface area contributed by atoms with Crippen LogP contribution in [0.15, 0.2) is 42.5 Å². The van der Waals surface area contributed by atoms with Crippen LogP contribution in [-0.2, 0) is 9.59 Å². The molecule has 0 spiro atoms. The van der Waals surface area contributed by atoms with Crippen molar-refractivity contribution < 1.29 is 23.9 Å². The van der Waals surface area contributed by atoms with Gasteiger partial charge in [-0.1, -0.05) is 23.8 Å². The third kappa shape index (κ3) is 6.57. The predicted molar refractivity (Wildman–Crippen MR) is 121 cm³/mol. The summed E-state index contributed by atoms with van der Waals surface area (Å²) in [5, 5.41) is 2.94. The van der Waals surface area contributed by atoms with E-state index < -0.39 is 5.97 Å². The number of carbonyl (C=O) groups excluding carboxylic acids is 3. The number of piperidine rings is 1. The SMILES string of the molecule is CC(=O)Oc1cccc(C(=O)NCC2CCN(C(=O)COc3ccc(C)cc3C)CC2)c1. The molecule has 2 aromatic carbocycles. The minimum absolute atomic E-state index is 0.0188. The number of carbonyl (C=O) groups is 3. The van der Waals surface area contributed by atoms with Crippen molar-refractivity contribution in [2.45, 2.75) is 33.6 Å². The second-order valence-corrected chi connectivity index (χ2v) is 8.21. The summed E-state index contributed by atoms with van der Waals surface area (Å²) >= 11 is 0. The van der Waals surface area contributed by atoms with Gasteiger partial charge in [0.25, 0.3) is 11.8 Å². The highest BCUT2D eigenvalue weighted by Crippen LogP contribution is 2.20. The van der Waals surface area contributed by atoms with Crippen molar-refractivity contribution in [2.75, 3.05) is 26.2 Å². The Labute approximate surface area is 188 Å². The molecule has 0 aliphatic carbocycles. The molecule has 1 N–H and O–H groups in total. The van der Waals surface area contributed by atoms with Crippen LogP contribution in [-0.4, -0.2) is 48.9 Å². The Kier molecular flexibility index (Phi) is 7.87. The van der Waals surface area contributed by atoms with E-state index in [1.807, 2.05) is 36.9 Å². The van der Waals surface area contributed by atoms with Gasteiger partial charge >= 0.3 is 5.97 Å². The molecule has 1 aliphatic rings. The zero-order valence-electron chi connectivity index (χ0n) is 18.8. The molecule has 0 atom stereocenters. The molecular weight excluding hydrogens is 408 g/mol. The van der Waals surface area contributed by atoms with Gasteiger partial charge in [-0.3, -0.25) is 14.4 Å². The van der Waals surface area contributed by atoms with Crippen LogP contribution >= 0.6 is 0 Å². The van der Waals surface area contributed by atoms with Crippen LogP contribution in [0.3, 0.4) is 0 Å². The van der Waals surface area contributed by atoms with Gasteiger partial charge in [0.2, 0.25) is 0 Å². The quantitative estimate of drug-likeness (QED) is 0.530. The standard InChI is InChI=1S/C25H30N2O5/c1-17-7-8-23(18(2)13-17)31-16-24(29)27-11-9-20(10-12-27)15-26-25(30)21-5-4-6-22(14-21)32-19(3)28/h4-8,13-14,20H,9-12,15-16H2,1-3H3,(H,26,30). The van der Waals surface area contributed by atoms with Gasteiger partial charge in [-0.2, -0.15) is 0 Å². The van der Waals surface area contributed by atoms with Crippen LogP contribution in [0.25, 0.3) is 0 Å². The largest absolute Gasteiger partial charge is 0.484 e. The fourth-order valence-electron chi connectivity index (χ4n) is 3.78. The first-order chi connectivity index (χ1) is 15.3.